The molecule has 0 saturated heterocycles. The Hall–Kier alpha value is -1.77. The van der Waals surface area contributed by atoms with Crippen molar-refractivity contribution in [3.05, 3.63) is 47.7 Å². The summed E-state index contributed by atoms with van der Waals surface area (Å²) in [4.78, 5) is 11.6. The molecule has 0 bridgehead atoms. The van der Waals surface area contributed by atoms with Crippen molar-refractivity contribution in [1.82, 2.24) is 0 Å². The molecule has 1 aromatic rings. The summed E-state index contributed by atoms with van der Waals surface area (Å²) in [5.41, 5.74) is 0.578. The molecule has 96 valence electrons. The van der Waals surface area contributed by atoms with E-state index in [1.165, 1.54) is 12.8 Å². The fourth-order valence-electron chi connectivity index (χ4n) is 1.90. The van der Waals surface area contributed by atoms with Crippen molar-refractivity contribution >= 4 is 5.97 Å². The first-order chi connectivity index (χ1) is 8.86. The van der Waals surface area contributed by atoms with Crippen molar-refractivity contribution in [1.29, 1.82) is 0 Å². The Kier molecular flexibility index (Phi) is 4.82. The van der Waals surface area contributed by atoms with Crippen molar-refractivity contribution in [2.24, 2.45) is 0 Å². The monoisotopic (exact) mass is 246 g/mol. The van der Waals surface area contributed by atoms with Gasteiger partial charge in [-0.2, -0.15) is 0 Å². The first-order valence-corrected chi connectivity index (χ1v) is 6.40. The van der Waals surface area contributed by atoms with Gasteiger partial charge in [-0.3, -0.25) is 0 Å². The van der Waals surface area contributed by atoms with Gasteiger partial charge in [0, 0.05) is 6.42 Å². The second-order valence-corrected chi connectivity index (χ2v) is 4.27. The van der Waals surface area contributed by atoms with Gasteiger partial charge in [0.1, 0.15) is 13.2 Å². The van der Waals surface area contributed by atoms with Gasteiger partial charge in [-0.1, -0.05) is 18.2 Å². The summed E-state index contributed by atoms with van der Waals surface area (Å²) in [6.45, 7) is 0.732. The number of benzene rings is 1. The van der Waals surface area contributed by atoms with E-state index in [1.54, 1.807) is 12.1 Å². The summed E-state index contributed by atoms with van der Waals surface area (Å²) in [5.74, 6) is 0.744. The molecule has 0 unspecified atom stereocenters. The van der Waals surface area contributed by atoms with Gasteiger partial charge in [-0.15, -0.1) is 0 Å². The molecule has 1 aliphatic carbocycles. The van der Waals surface area contributed by atoms with Crippen molar-refractivity contribution in [3.63, 3.8) is 0 Å². The molecule has 0 atom stereocenters. The van der Waals surface area contributed by atoms with Crippen LogP contribution in [0.25, 0.3) is 0 Å². The van der Waals surface area contributed by atoms with Gasteiger partial charge in [0.15, 0.2) is 0 Å². The summed E-state index contributed by atoms with van der Waals surface area (Å²) in [6, 6.07) is 9.00. The van der Waals surface area contributed by atoms with E-state index >= 15 is 0 Å². The molecule has 1 aliphatic rings. The van der Waals surface area contributed by atoms with Crippen LogP contribution in [0.1, 0.15) is 36.0 Å². The second-order valence-electron chi connectivity index (χ2n) is 4.27. The SMILES string of the molecule is O=C(OCCOC1=CCCCC1)c1ccccc1. The predicted octanol–water partition coefficient (Wildman–Crippen LogP) is 3.32. The summed E-state index contributed by atoms with van der Waals surface area (Å²) in [7, 11) is 0. The van der Waals surface area contributed by atoms with E-state index in [9.17, 15) is 4.79 Å². The van der Waals surface area contributed by atoms with Gasteiger partial charge < -0.3 is 9.47 Å². The van der Waals surface area contributed by atoms with E-state index in [-0.39, 0.29) is 5.97 Å². The highest BCUT2D eigenvalue weighted by molar-refractivity contribution is 5.89. The summed E-state index contributed by atoms with van der Waals surface area (Å²) < 4.78 is 10.7. The molecule has 18 heavy (non-hydrogen) atoms. The first-order valence-electron chi connectivity index (χ1n) is 6.40. The van der Waals surface area contributed by atoms with Crippen LogP contribution in [0, 0.1) is 0 Å². The Morgan fingerprint density at radius 2 is 1.94 bits per heavy atom. The number of carbonyl (C=O) groups is 1. The standard InChI is InChI=1S/C15H18O3/c16-15(13-7-3-1-4-8-13)18-12-11-17-14-9-5-2-6-10-14/h1,3-4,7-9H,2,5-6,10-12H2. The molecular weight excluding hydrogens is 228 g/mol. The highest BCUT2D eigenvalue weighted by Crippen LogP contribution is 2.17. The molecule has 0 saturated carbocycles. The average Bonchev–Trinajstić information content (AvgIpc) is 2.45. The van der Waals surface area contributed by atoms with E-state index in [0.29, 0.717) is 18.8 Å². The normalized spacial score (nSPS) is 14.8. The molecule has 0 fully saturated rings. The van der Waals surface area contributed by atoms with Gasteiger partial charge in [0.05, 0.1) is 11.3 Å². The van der Waals surface area contributed by atoms with Crippen LogP contribution in [0.2, 0.25) is 0 Å². The largest absolute Gasteiger partial charge is 0.495 e. The summed E-state index contributed by atoms with van der Waals surface area (Å²) in [5, 5.41) is 0. The van der Waals surface area contributed by atoms with Gasteiger partial charge in [0.2, 0.25) is 0 Å². The summed E-state index contributed by atoms with van der Waals surface area (Å²) >= 11 is 0. The molecule has 3 nitrogen and oxygen atoms in total. The molecule has 2 rings (SSSR count). The van der Waals surface area contributed by atoms with Crippen LogP contribution in [0.5, 0.6) is 0 Å². The molecule has 0 heterocycles. The number of ether oxygens (including phenoxy) is 2. The molecular formula is C15H18O3. The molecule has 0 radical (unpaired) electrons. The lowest BCUT2D eigenvalue weighted by Gasteiger charge is -2.14. The molecule has 0 aromatic heterocycles. The number of hydrogen-bond donors (Lipinski definition) is 0. The third-order valence-electron chi connectivity index (χ3n) is 2.86. The molecule has 0 amide bonds. The predicted molar refractivity (Wildman–Crippen MR) is 69.2 cm³/mol. The Balaban J connectivity index is 1.66. The van der Waals surface area contributed by atoms with Crippen molar-refractivity contribution < 1.29 is 14.3 Å². The number of esters is 1. The van der Waals surface area contributed by atoms with Crippen LogP contribution >= 0.6 is 0 Å². The Bertz CT molecular complexity index is 409. The lowest BCUT2D eigenvalue weighted by molar-refractivity contribution is 0.0392. The van der Waals surface area contributed by atoms with E-state index < -0.39 is 0 Å². The van der Waals surface area contributed by atoms with Gasteiger partial charge in [-0.05, 0) is 37.5 Å². The van der Waals surface area contributed by atoms with Crippen LogP contribution in [0.15, 0.2) is 42.2 Å². The van der Waals surface area contributed by atoms with Gasteiger partial charge >= 0.3 is 5.97 Å². The minimum atomic E-state index is -0.295. The van der Waals surface area contributed by atoms with Crippen LogP contribution < -0.4 is 0 Å². The smallest absolute Gasteiger partial charge is 0.338 e. The fourth-order valence-corrected chi connectivity index (χ4v) is 1.90. The first kappa shape index (κ1) is 12.7. The maximum absolute atomic E-state index is 11.6. The van der Waals surface area contributed by atoms with Crippen molar-refractivity contribution in [2.75, 3.05) is 13.2 Å². The van der Waals surface area contributed by atoms with Crippen molar-refractivity contribution in [3.8, 4) is 0 Å². The molecule has 0 N–H and O–H groups in total. The quantitative estimate of drug-likeness (QED) is 0.590. The average molecular weight is 246 g/mol. The molecule has 0 aliphatic heterocycles. The van der Waals surface area contributed by atoms with Crippen LogP contribution in [0.4, 0.5) is 0 Å². The Labute approximate surface area is 107 Å². The van der Waals surface area contributed by atoms with Crippen molar-refractivity contribution in [2.45, 2.75) is 25.7 Å². The van der Waals surface area contributed by atoms with E-state index in [0.717, 1.165) is 18.6 Å². The van der Waals surface area contributed by atoms with Crippen LogP contribution in [0.3, 0.4) is 0 Å². The van der Waals surface area contributed by atoms with E-state index in [2.05, 4.69) is 6.08 Å². The highest BCUT2D eigenvalue weighted by Gasteiger charge is 2.07. The maximum Gasteiger partial charge on any atom is 0.338 e. The number of carbonyl (C=O) groups excluding carboxylic acids is 1. The van der Waals surface area contributed by atoms with E-state index in [4.69, 9.17) is 9.47 Å². The molecule has 0 spiro atoms. The zero-order chi connectivity index (χ0) is 12.6. The van der Waals surface area contributed by atoms with E-state index in [1.807, 2.05) is 18.2 Å². The maximum atomic E-state index is 11.6. The highest BCUT2D eigenvalue weighted by atomic mass is 16.6. The van der Waals surface area contributed by atoms with Gasteiger partial charge in [-0.25, -0.2) is 4.79 Å². The third kappa shape index (κ3) is 3.91. The fraction of sp³-hybridized carbons (Fsp3) is 0.400. The lowest BCUT2D eigenvalue weighted by atomic mass is 10.1. The zero-order valence-electron chi connectivity index (χ0n) is 10.4. The molecule has 3 heteroatoms. The zero-order valence-corrected chi connectivity index (χ0v) is 10.4. The number of allylic oxidation sites excluding steroid dienone is 2. The Morgan fingerprint density at radius 3 is 2.67 bits per heavy atom. The van der Waals surface area contributed by atoms with Crippen LogP contribution in [-0.2, 0) is 9.47 Å². The minimum absolute atomic E-state index is 0.295. The third-order valence-corrected chi connectivity index (χ3v) is 2.86. The number of hydrogen-bond acceptors (Lipinski definition) is 3. The van der Waals surface area contributed by atoms with Gasteiger partial charge in [0.25, 0.3) is 0 Å². The lowest BCUT2D eigenvalue weighted by Crippen LogP contribution is -2.11. The topological polar surface area (TPSA) is 35.5 Å². The second kappa shape index (κ2) is 6.84. The Morgan fingerprint density at radius 1 is 1.11 bits per heavy atom. The minimum Gasteiger partial charge on any atom is -0.495 e. The summed E-state index contributed by atoms with van der Waals surface area (Å²) in [6.07, 6.45) is 6.67. The molecule has 1 aromatic carbocycles. The number of rotatable bonds is 5. The van der Waals surface area contributed by atoms with Crippen LogP contribution in [-0.4, -0.2) is 19.2 Å².